The lowest BCUT2D eigenvalue weighted by Crippen LogP contribution is -1.95. The third-order valence-electron chi connectivity index (χ3n) is 2.47. The molecule has 0 aliphatic rings. The lowest BCUT2D eigenvalue weighted by atomic mass is 10.0. The van der Waals surface area contributed by atoms with E-state index in [9.17, 15) is 0 Å². The van der Waals surface area contributed by atoms with Gasteiger partial charge in [-0.15, -0.1) is 11.6 Å². The molecule has 0 spiro atoms. The molecular formula is C13H7Br3Cl2. The van der Waals surface area contributed by atoms with Gasteiger partial charge in [-0.1, -0.05) is 49.5 Å². The standard InChI is InChI=1S/C13H7Br3Cl2/c14-8-2-4-10(15)9(6-8)13(18)7-1-3-11(16)12(17)5-7/h1-6,13H. The molecule has 2 aromatic carbocycles. The fourth-order valence-electron chi connectivity index (χ4n) is 1.56. The van der Waals surface area contributed by atoms with Crippen LogP contribution in [0.15, 0.2) is 49.8 Å². The van der Waals surface area contributed by atoms with Crippen LogP contribution in [0.25, 0.3) is 0 Å². The Bertz CT molecular complexity index is 584. The van der Waals surface area contributed by atoms with Crippen LogP contribution < -0.4 is 0 Å². The van der Waals surface area contributed by atoms with E-state index in [2.05, 4.69) is 47.8 Å². The van der Waals surface area contributed by atoms with E-state index in [4.69, 9.17) is 23.2 Å². The van der Waals surface area contributed by atoms with Gasteiger partial charge < -0.3 is 0 Å². The zero-order chi connectivity index (χ0) is 13.3. The van der Waals surface area contributed by atoms with Crippen LogP contribution in [0.2, 0.25) is 5.02 Å². The van der Waals surface area contributed by atoms with Crippen molar-refractivity contribution in [1.29, 1.82) is 0 Å². The van der Waals surface area contributed by atoms with Crippen molar-refractivity contribution < 1.29 is 0 Å². The third-order valence-corrected chi connectivity index (χ3v) is 5.40. The molecule has 0 bridgehead atoms. The molecule has 0 aliphatic heterocycles. The molecule has 0 aromatic heterocycles. The van der Waals surface area contributed by atoms with E-state index in [0.717, 1.165) is 24.5 Å². The molecule has 0 aliphatic carbocycles. The monoisotopic (exact) mass is 470 g/mol. The minimum Gasteiger partial charge on any atom is -0.113 e. The Morgan fingerprint density at radius 2 is 1.56 bits per heavy atom. The fourth-order valence-corrected chi connectivity index (χ4v) is 3.30. The minimum absolute atomic E-state index is 0.248. The van der Waals surface area contributed by atoms with Crippen molar-refractivity contribution >= 4 is 71.0 Å². The highest BCUT2D eigenvalue weighted by Gasteiger charge is 2.15. The van der Waals surface area contributed by atoms with E-state index in [1.165, 1.54) is 0 Å². The van der Waals surface area contributed by atoms with E-state index in [1.807, 2.05) is 36.4 Å². The molecule has 94 valence electrons. The zero-order valence-corrected chi connectivity index (χ0v) is 15.2. The summed E-state index contributed by atoms with van der Waals surface area (Å²) >= 11 is 22.9. The van der Waals surface area contributed by atoms with Gasteiger partial charge in [0.2, 0.25) is 0 Å². The summed E-state index contributed by atoms with van der Waals surface area (Å²) in [6.45, 7) is 0. The number of hydrogen-bond acceptors (Lipinski definition) is 0. The van der Waals surface area contributed by atoms with Crippen LogP contribution in [-0.4, -0.2) is 0 Å². The second-order valence-electron chi connectivity index (χ2n) is 3.70. The van der Waals surface area contributed by atoms with Gasteiger partial charge in [-0.3, -0.25) is 0 Å². The summed E-state index contributed by atoms with van der Waals surface area (Å²) < 4.78 is 2.84. The van der Waals surface area contributed by atoms with Gasteiger partial charge in [-0.2, -0.15) is 0 Å². The first kappa shape index (κ1) is 14.9. The maximum atomic E-state index is 6.51. The van der Waals surface area contributed by atoms with Gasteiger partial charge in [-0.05, 0) is 57.4 Å². The van der Waals surface area contributed by atoms with Gasteiger partial charge >= 0.3 is 0 Å². The zero-order valence-electron chi connectivity index (χ0n) is 8.93. The number of alkyl halides is 1. The average Bonchev–Trinajstić information content (AvgIpc) is 2.35. The average molecular weight is 474 g/mol. The highest BCUT2D eigenvalue weighted by molar-refractivity contribution is 9.11. The van der Waals surface area contributed by atoms with Crippen LogP contribution in [0.4, 0.5) is 0 Å². The second kappa shape index (κ2) is 6.27. The van der Waals surface area contributed by atoms with Crippen molar-refractivity contribution in [2.45, 2.75) is 5.38 Å². The van der Waals surface area contributed by atoms with E-state index in [1.54, 1.807) is 0 Å². The number of halogens is 5. The van der Waals surface area contributed by atoms with Crippen molar-refractivity contribution in [2.24, 2.45) is 0 Å². The molecule has 0 heterocycles. The first-order chi connectivity index (χ1) is 8.49. The summed E-state index contributed by atoms with van der Waals surface area (Å²) in [4.78, 5) is 0. The molecule has 1 atom stereocenters. The summed E-state index contributed by atoms with van der Waals surface area (Å²) in [6.07, 6.45) is 0. The lowest BCUT2D eigenvalue weighted by Gasteiger charge is -2.13. The van der Waals surface area contributed by atoms with E-state index >= 15 is 0 Å². The molecule has 0 radical (unpaired) electrons. The Morgan fingerprint density at radius 3 is 2.22 bits per heavy atom. The maximum absolute atomic E-state index is 6.51. The molecule has 0 saturated heterocycles. The summed E-state index contributed by atoms with van der Waals surface area (Å²) in [5, 5.41) is 0.409. The molecule has 0 fully saturated rings. The third kappa shape index (κ3) is 3.31. The second-order valence-corrected chi connectivity index (χ2v) is 7.17. The normalized spacial score (nSPS) is 12.5. The van der Waals surface area contributed by atoms with Crippen LogP contribution in [0.5, 0.6) is 0 Å². The van der Waals surface area contributed by atoms with Gasteiger partial charge in [0.25, 0.3) is 0 Å². The summed E-state index contributed by atoms with van der Waals surface area (Å²) in [5.74, 6) is 0. The van der Waals surface area contributed by atoms with E-state index in [-0.39, 0.29) is 5.38 Å². The predicted octanol–water partition coefficient (Wildman–Crippen LogP) is 6.96. The Balaban J connectivity index is 2.44. The van der Waals surface area contributed by atoms with Gasteiger partial charge in [0.05, 0.1) is 10.4 Å². The highest BCUT2D eigenvalue weighted by atomic mass is 79.9. The molecule has 18 heavy (non-hydrogen) atoms. The van der Waals surface area contributed by atoms with Gasteiger partial charge in [-0.25, -0.2) is 0 Å². The SMILES string of the molecule is Clc1cc(C(Cl)c2cc(Br)ccc2Br)ccc1Br. The van der Waals surface area contributed by atoms with Crippen LogP contribution >= 0.6 is 71.0 Å². The number of rotatable bonds is 2. The summed E-state index contributed by atoms with van der Waals surface area (Å²) in [7, 11) is 0. The molecule has 0 saturated carbocycles. The van der Waals surface area contributed by atoms with Crippen LogP contribution in [0, 0.1) is 0 Å². The van der Waals surface area contributed by atoms with Crippen molar-refractivity contribution in [3.63, 3.8) is 0 Å². The van der Waals surface area contributed by atoms with Crippen LogP contribution in [-0.2, 0) is 0 Å². The number of hydrogen-bond donors (Lipinski definition) is 0. The highest BCUT2D eigenvalue weighted by Crippen LogP contribution is 2.37. The van der Waals surface area contributed by atoms with E-state index < -0.39 is 0 Å². The summed E-state index contributed by atoms with van der Waals surface area (Å²) in [6, 6.07) is 11.7. The molecule has 2 aromatic rings. The maximum Gasteiger partial charge on any atom is 0.0847 e. The van der Waals surface area contributed by atoms with E-state index in [0.29, 0.717) is 5.02 Å². The first-order valence-corrected chi connectivity index (χ1v) is 8.22. The Kier molecular flexibility index (Phi) is 5.18. The molecule has 0 amide bonds. The van der Waals surface area contributed by atoms with Gasteiger partial charge in [0.1, 0.15) is 0 Å². The lowest BCUT2D eigenvalue weighted by molar-refractivity contribution is 1.12. The van der Waals surface area contributed by atoms with Crippen LogP contribution in [0.1, 0.15) is 16.5 Å². The Labute approximate surface area is 141 Å². The Morgan fingerprint density at radius 1 is 0.889 bits per heavy atom. The van der Waals surface area contributed by atoms with Crippen molar-refractivity contribution in [2.75, 3.05) is 0 Å². The van der Waals surface area contributed by atoms with Crippen LogP contribution in [0.3, 0.4) is 0 Å². The van der Waals surface area contributed by atoms with Crippen molar-refractivity contribution in [3.8, 4) is 0 Å². The molecule has 5 heteroatoms. The van der Waals surface area contributed by atoms with Crippen molar-refractivity contribution in [3.05, 3.63) is 66.0 Å². The largest absolute Gasteiger partial charge is 0.113 e. The minimum atomic E-state index is -0.248. The molecule has 1 unspecified atom stereocenters. The molecule has 0 nitrogen and oxygen atoms in total. The predicted molar refractivity (Wildman–Crippen MR) is 88.7 cm³/mol. The number of benzene rings is 2. The van der Waals surface area contributed by atoms with Crippen molar-refractivity contribution in [1.82, 2.24) is 0 Å². The smallest absolute Gasteiger partial charge is 0.0847 e. The van der Waals surface area contributed by atoms with Gasteiger partial charge in [0, 0.05) is 13.4 Å². The first-order valence-electron chi connectivity index (χ1n) is 5.03. The molecule has 2 rings (SSSR count). The quantitative estimate of drug-likeness (QED) is 0.414. The van der Waals surface area contributed by atoms with Gasteiger partial charge in [0.15, 0.2) is 0 Å². The molecular weight excluding hydrogens is 467 g/mol. The summed E-state index contributed by atoms with van der Waals surface area (Å²) in [5.41, 5.74) is 1.97. The molecule has 0 N–H and O–H groups in total. The Hall–Kier alpha value is 0.460. The fraction of sp³-hybridized carbons (Fsp3) is 0.0769. The topological polar surface area (TPSA) is 0 Å².